The lowest BCUT2D eigenvalue weighted by atomic mass is 9.58. The largest absolute Gasteiger partial charge is 0.468 e. The molecule has 0 amide bonds. The molecule has 0 saturated heterocycles. The number of hydrogen-bond donors (Lipinski definition) is 1. The van der Waals surface area contributed by atoms with Crippen LogP contribution >= 0.6 is 0 Å². The van der Waals surface area contributed by atoms with Gasteiger partial charge < -0.3 is 9.47 Å². The van der Waals surface area contributed by atoms with Crippen LogP contribution in [0.4, 0.5) is 0 Å². The smallest absolute Gasteiger partial charge is 0.333 e. The van der Waals surface area contributed by atoms with E-state index in [2.05, 4.69) is 25.7 Å². The Morgan fingerprint density at radius 3 is 2.55 bits per heavy atom. The molecule has 1 aromatic carbocycles. The Morgan fingerprint density at radius 2 is 1.93 bits per heavy atom. The maximum atomic E-state index is 13.2. The van der Waals surface area contributed by atoms with E-state index in [1.807, 2.05) is 43.3 Å². The van der Waals surface area contributed by atoms with E-state index in [1.54, 1.807) is 6.92 Å². The summed E-state index contributed by atoms with van der Waals surface area (Å²) in [5.74, 6) is -1.46. The number of nitrogens with one attached hydrogen (secondary N) is 1. The molecule has 0 bridgehead atoms. The average molecular weight is 550 g/mol. The number of allylic oxidation sites excluding steroid dienone is 3. The fourth-order valence-electron chi connectivity index (χ4n) is 6.03. The predicted octanol–water partition coefficient (Wildman–Crippen LogP) is 5.61. The van der Waals surface area contributed by atoms with Crippen molar-refractivity contribution in [1.82, 2.24) is 5.32 Å². The minimum atomic E-state index is -0.728. The van der Waals surface area contributed by atoms with Gasteiger partial charge in [-0.15, -0.1) is 0 Å². The molecule has 40 heavy (non-hydrogen) atoms. The minimum absolute atomic E-state index is 0.215. The molecule has 0 aliphatic heterocycles. The van der Waals surface area contributed by atoms with Gasteiger partial charge in [-0.2, -0.15) is 0 Å². The molecule has 6 atom stereocenters. The number of carbonyl (C=O) groups is 4. The van der Waals surface area contributed by atoms with E-state index in [9.17, 15) is 19.2 Å². The lowest BCUT2D eigenvalue weighted by Gasteiger charge is -2.50. The number of ether oxygens (including phenoxy) is 2. The SMILES string of the molecule is C=C(C=O)[C@@H]1C[C@@]2(C)C(=CC1=O)[C@H](OC(=O)/C(C)=C/C(C)CCCC)CC[C@@H]2N[C@H](C(=O)OC)c1ccccc1. The Morgan fingerprint density at radius 1 is 1.23 bits per heavy atom. The molecular formula is C33H43NO6. The van der Waals surface area contributed by atoms with Crippen molar-refractivity contribution in [3.8, 4) is 0 Å². The van der Waals surface area contributed by atoms with Crippen molar-refractivity contribution in [1.29, 1.82) is 0 Å². The molecule has 2 aliphatic carbocycles. The van der Waals surface area contributed by atoms with Crippen molar-refractivity contribution in [3.63, 3.8) is 0 Å². The molecule has 216 valence electrons. The third kappa shape index (κ3) is 7.05. The summed E-state index contributed by atoms with van der Waals surface area (Å²) in [5, 5.41) is 3.50. The average Bonchev–Trinajstić information content (AvgIpc) is 2.95. The number of hydrogen-bond acceptors (Lipinski definition) is 7. The van der Waals surface area contributed by atoms with Gasteiger partial charge in [-0.1, -0.05) is 76.6 Å². The number of benzene rings is 1. The van der Waals surface area contributed by atoms with Crippen LogP contribution < -0.4 is 5.32 Å². The number of fused-ring (bicyclic) bond motifs is 1. The van der Waals surface area contributed by atoms with Crippen LogP contribution in [0.5, 0.6) is 0 Å². The summed E-state index contributed by atoms with van der Waals surface area (Å²) in [5.41, 5.74) is 1.53. The topological polar surface area (TPSA) is 98.8 Å². The summed E-state index contributed by atoms with van der Waals surface area (Å²) in [6.45, 7) is 11.8. The number of methoxy groups -OCH3 is 1. The number of aldehydes is 1. The lowest BCUT2D eigenvalue weighted by Crippen LogP contribution is -2.56. The molecule has 1 fully saturated rings. The van der Waals surface area contributed by atoms with E-state index in [0.29, 0.717) is 36.7 Å². The summed E-state index contributed by atoms with van der Waals surface area (Å²) in [4.78, 5) is 50.8. The standard InChI is InChI=1S/C33H43NO6/c1-7-8-12-21(2)17-22(3)31(37)40-28-15-16-29(34-30(32(38)39-6)24-13-10-9-11-14-24)33(5)19-25(23(4)20-35)27(36)18-26(28)33/h9-11,13-14,17-18,20-21,25,28-30,34H,4,7-8,12,15-16,19H2,1-3,5-6H3/b22-17+/t21?,25-,28+,29-,30-,33-/m0/s1. The first-order valence-corrected chi connectivity index (χ1v) is 14.2. The molecule has 7 heteroatoms. The van der Waals surface area contributed by atoms with E-state index >= 15 is 0 Å². The van der Waals surface area contributed by atoms with E-state index in [1.165, 1.54) is 13.2 Å². The molecular weight excluding hydrogens is 506 g/mol. The first-order valence-electron chi connectivity index (χ1n) is 14.2. The van der Waals surface area contributed by atoms with Gasteiger partial charge in [-0.3, -0.25) is 14.9 Å². The molecule has 0 spiro atoms. The van der Waals surface area contributed by atoms with Crippen molar-refractivity contribution in [2.75, 3.05) is 7.11 Å². The van der Waals surface area contributed by atoms with Gasteiger partial charge in [0, 0.05) is 17.0 Å². The van der Waals surface area contributed by atoms with Gasteiger partial charge in [-0.25, -0.2) is 9.59 Å². The zero-order valence-electron chi connectivity index (χ0n) is 24.4. The molecule has 1 saturated carbocycles. The molecule has 1 N–H and O–H groups in total. The number of rotatable bonds is 12. The molecule has 3 rings (SSSR count). The summed E-state index contributed by atoms with van der Waals surface area (Å²) < 4.78 is 11.2. The van der Waals surface area contributed by atoms with E-state index in [4.69, 9.17) is 9.47 Å². The molecule has 7 nitrogen and oxygen atoms in total. The molecule has 0 radical (unpaired) electrons. The van der Waals surface area contributed by atoms with Crippen molar-refractivity contribution in [3.05, 3.63) is 71.3 Å². The fraction of sp³-hybridized carbons (Fsp3) is 0.515. The van der Waals surface area contributed by atoms with Gasteiger partial charge in [0.1, 0.15) is 18.4 Å². The lowest BCUT2D eigenvalue weighted by molar-refractivity contribution is -0.145. The van der Waals surface area contributed by atoms with Crippen LogP contribution in [0, 0.1) is 17.3 Å². The maximum absolute atomic E-state index is 13.2. The maximum Gasteiger partial charge on any atom is 0.333 e. The van der Waals surface area contributed by atoms with E-state index in [0.717, 1.165) is 24.8 Å². The third-order valence-corrected chi connectivity index (χ3v) is 8.42. The monoisotopic (exact) mass is 549 g/mol. The Bertz CT molecular complexity index is 1170. The highest BCUT2D eigenvalue weighted by Crippen LogP contribution is 2.50. The molecule has 1 aromatic rings. The van der Waals surface area contributed by atoms with Gasteiger partial charge in [0.2, 0.25) is 0 Å². The molecule has 2 aliphatic rings. The summed E-state index contributed by atoms with van der Waals surface area (Å²) in [6.07, 6.45) is 8.09. The zero-order chi connectivity index (χ0) is 29.4. The first kappa shape index (κ1) is 31.2. The van der Waals surface area contributed by atoms with Crippen molar-refractivity contribution >= 4 is 24.0 Å². The highest BCUT2D eigenvalue weighted by atomic mass is 16.5. The van der Waals surface area contributed by atoms with Gasteiger partial charge in [0.05, 0.1) is 13.0 Å². The summed E-state index contributed by atoms with van der Waals surface area (Å²) in [6, 6.07) is 8.32. The van der Waals surface area contributed by atoms with Crippen LogP contribution in [0.15, 0.2) is 65.8 Å². The van der Waals surface area contributed by atoms with Crippen molar-refractivity contribution in [2.24, 2.45) is 17.3 Å². The van der Waals surface area contributed by atoms with E-state index < -0.39 is 35.4 Å². The second-order valence-electron chi connectivity index (χ2n) is 11.4. The number of carbonyl (C=O) groups excluding carboxylic acids is 4. The Hall–Kier alpha value is -3.32. The van der Waals surface area contributed by atoms with Crippen LogP contribution in [-0.2, 0) is 28.7 Å². The normalized spacial score (nSPS) is 26.1. The van der Waals surface area contributed by atoms with Crippen molar-refractivity contribution in [2.45, 2.75) is 84.4 Å². The predicted molar refractivity (Wildman–Crippen MR) is 154 cm³/mol. The Labute approximate surface area is 238 Å². The van der Waals surface area contributed by atoms with Gasteiger partial charge >= 0.3 is 11.9 Å². The van der Waals surface area contributed by atoms with Gasteiger partial charge in [-0.05, 0) is 61.3 Å². The molecule has 0 heterocycles. The van der Waals surface area contributed by atoms with E-state index in [-0.39, 0.29) is 23.3 Å². The second kappa shape index (κ2) is 13.8. The van der Waals surface area contributed by atoms with Crippen LogP contribution in [0.2, 0.25) is 0 Å². The Kier molecular flexibility index (Phi) is 10.8. The summed E-state index contributed by atoms with van der Waals surface area (Å²) in [7, 11) is 1.35. The third-order valence-electron chi connectivity index (χ3n) is 8.42. The highest BCUT2D eigenvalue weighted by Gasteiger charge is 2.51. The zero-order valence-corrected chi connectivity index (χ0v) is 24.4. The number of ketones is 1. The summed E-state index contributed by atoms with van der Waals surface area (Å²) >= 11 is 0. The number of unbranched alkanes of at least 4 members (excludes halogenated alkanes) is 1. The van der Waals surface area contributed by atoms with Crippen molar-refractivity contribution < 1.29 is 28.7 Å². The van der Waals surface area contributed by atoms with Crippen LogP contribution in [-0.4, -0.2) is 43.3 Å². The Balaban J connectivity index is 1.94. The minimum Gasteiger partial charge on any atom is -0.468 e. The molecule has 1 unspecified atom stereocenters. The van der Waals surface area contributed by atoms with Gasteiger partial charge in [0.15, 0.2) is 5.78 Å². The highest BCUT2D eigenvalue weighted by molar-refractivity contribution is 6.00. The quantitative estimate of drug-likeness (QED) is 0.205. The molecule has 0 aromatic heterocycles. The van der Waals surface area contributed by atoms with Gasteiger partial charge in [0.25, 0.3) is 0 Å². The first-order chi connectivity index (χ1) is 19.0. The van der Waals surface area contributed by atoms with Crippen LogP contribution in [0.1, 0.15) is 77.8 Å². The number of esters is 2. The second-order valence-corrected chi connectivity index (χ2v) is 11.4. The fourth-order valence-corrected chi connectivity index (χ4v) is 6.03. The van der Waals surface area contributed by atoms with Crippen LogP contribution in [0.25, 0.3) is 0 Å². The van der Waals surface area contributed by atoms with Crippen LogP contribution in [0.3, 0.4) is 0 Å².